The molecule has 0 bridgehead atoms. The highest BCUT2D eigenvalue weighted by Crippen LogP contribution is 2.17. The summed E-state index contributed by atoms with van der Waals surface area (Å²) in [7, 11) is 0. The molecule has 1 unspecified atom stereocenters. The molecule has 0 rings (SSSR count). The smallest absolute Gasteiger partial charge is 0.306 e. The molecule has 6 heteroatoms. The first-order chi connectivity index (χ1) is 39.5. The molecule has 0 spiro atoms. The maximum Gasteiger partial charge on any atom is 0.306 e. The number of hydrogen-bond donors (Lipinski definition) is 0. The molecular formula is C74H128O6. The molecule has 0 N–H and O–H groups in total. The molecule has 0 amide bonds. The summed E-state index contributed by atoms with van der Waals surface area (Å²) in [6.07, 6.45) is 91.6. The van der Waals surface area contributed by atoms with Gasteiger partial charge < -0.3 is 14.2 Å². The Labute approximate surface area is 496 Å². The molecule has 0 saturated heterocycles. The van der Waals surface area contributed by atoms with Gasteiger partial charge in [0, 0.05) is 19.3 Å². The number of unbranched alkanes of at least 4 members (excludes halogenated alkanes) is 35. The average Bonchev–Trinajstić information content (AvgIpc) is 3.46. The van der Waals surface area contributed by atoms with Gasteiger partial charge in [-0.2, -0.15) is 0 Å². The van der Waals surface area contributed by atoms with Crippen LogP contribution in [0.15, 0.2) is 97.2 Å². The molecule has 1 atom stereocenters. The van der Waals surface area contributed by atoms with Gasteiger partial charge in [0.25, 0.3) is 0 Å². The first-order valence-electron chi connectivity index (χ1n) is 34.2. The minimum absolute atomic E-state index is 0.110. The molecule has 0 aliphatic heterocycles. The van der Waals surface area contributed by atoms with Crippen LogP contribution in [0.1, 0.15) is 335 Å². The van der Waals surface area contributed by atoms with Crippen LogP contribution in [-0.2, 0) is 28.6 Å². The number of esters is 3. The lowest BCUT2D eigenvalue weighted by atomic mass is 10.0. The third-order valence-electron chi connectivity index (χ3n) is 14.8. The predicted octanol–water partition coefficient (Wildman–Crippen LogP) is 23.6. The number of carbonyl (C=O) groups excluding carboxylic acids is 3. The van der Waals surface area contributed by atoms with Gasteiger partial charge in [0.15, 0.2) is 6.10 Å². The summed E-state index contributed by atoms with van der Waals surface area (Å²) in [5.74, 6) is -0.996. The standard InChI is InChI=1S/C74H128O6/c1-4-7-10-13-16-19-22-25-28-31-33-34-35-36-37-38-39-40-42-43-46-49-52-55-58-61-64-67-73(76)79-70-71(69-78-72(75)66-63-60-57-54-51-48-45-30-27-24-21-18-15-12-9-6-3)80-74(77)68-65-62-59-56-53-50-47-44-41-32-29-26-23-20-17-14-11-8-5-2/h8,11,17,20-21,24,26,29-30,41,44-45,50,53,59,62,71H,4-7,9-10,12-16,18-19,22-23,25,27-28,31-40,42-43,46-49,51-52,54-58,60-61,63-70H2,1-3H3/b11-8-,20-17-,24-21-,29-26-,44-41-,45-30-,53-50-,62-59-. The fourth-order valence-corrected chi connectivity index (χ4v) is 9.74. The fourth-order valence-electron chi connectivity index (χ4n) is 9.74. The largest absolute Gasteiger partial charge is 0.462 e. The van der Waals surface area contributed by atoms with E-state index in [0.717, 1.165) is 103 Å². The summed E-state index contributed by atoms with van der Waals surface area (Å²) in [6, 6.07) is 0. The van der Waals surface area contributed by atoms with Crippen LogP contribution in [0.3, 0.4) is 0 Å². The van der Waals surface area contributed by atoms with Crippen LogP contribution in [0.5, 0.6) is 0 Å². The zero-order chi connectivity index (χ0) is 57.8. The van der Waals surface area contributed by atoms with Gasteiger partial charge in [-0.05, 0) is 89.9 Å². The zero-order valence-corrected chi connectivity index (χ0v) is 52.8. The molecule has 80 heavy (non-hydrogen) atoms. The Bertz CT molecular complexity index is 1560. The van der Waals surface area contributed by atoms with Crippen LogP contribution < -0.4 is 0 Å². The third-order valence-corrected chi connectivity index (χ3v) is 14.8. The molecule has 0 aromatic heterocycles. The highest BCUT2D eigenvalue weighted by Gasteiger charge is 2.19. The highest BCUT2D eigenvalue weighted by molar-refractivity contribution is 5.71. The van der Waals surface area contributed by atoms with Gasteiger partial charge >= 0.3 is 17.9 Å². The number of hydrogen-bond acceptors (Lipinski definition) is 6. The van der Waals surface area contributed by atoms with Gasteiger partial charge in [0.2, 0.25) is 0 Å². The van der Waals surface area contributed by atoms with Crippen molar-refractivity contribution in [3.8, 4) is 0 Å². The van der Waals surface area contributed by atoms with E-state index < -0.39 is 12.1 Å². The predicted molar refractivity (Wildman–Crippen MR) is 348 cm³/mol. The molecule has 0 heterocycles. The summed E-state index contributed by atoms with van der Waals surface area (Å²) in [6.45, 7) is 6.48. The van der Waals surface area contributed by atoms with Gasteiger partial charge in [-0.3, -0.25) is 14.4 Å². The Morgan fingerprint density at radius 3 is 0.825 bits per heavy atom. The molecule has 0 aliphatic rings. The Morgan fingerprint density at radius 2 is 0.512 bits per heavy atom. The lowest BCUT2D eigenvalue weighted by molar-refractivity contribution is -0.166. The average molecular weight is 1110 g/mol. The van der Waals surface area contributed by atoms with E-state index in [2.05, 4.69) is 112 Å². The quantitative estimate of drug-likeness (QED) is 0.0261. The second kappa shape index (κ2) is 67.8. The number of allylic oxidation sites excluding steroid dienone is 16. The lowest BCUT2D eigenvalue weighted by Gasteiger charge is -2.18. The van der Waals surface area contributed by atoms with Crippen molar-refractivity contribution in [3.63, 3.8) is 0 Å². The second-order valence-electron chi connectivity index (χ2n) is 22.7. The SMILES string of the molecule is CC/C=C\C/C=C\C/C=C\C/C=C\C/C=C\C/C=C\CCC(=O)OC(COC(=O)CCCCCCC/C=C\C/C=C\CCCCCC)COC(=O)CCCCCCCCCCCCCCCCCCCCCCCCCCCCC. The minimum Gasteiger partial charge on any atom is -0.462 e. The maximum absolute atomic E-state index is 12.9. The summed E-state index contributed by atoms with van der Waals surface area (Å²) in [5, 5.41) is 0. The molecule has 0 aliphatic carbocycles. The summed E-state index contributed by atoms with van der Waals surface area (Å²) < 4.78 is 16.9. The molecule has 0 saturated carbocycles. The van der Waals surface area contributed by atoms with E-state index in [1.165, 1.54) is 186 Å². The van der Waals surface area contributed by atoms with E-state index in [1.807, 2.05) is 6.08 Å². The summed E-state index contributed by atoms with van der Waals surface area (Å²) in [5.41, 5.74) is 0. The van der Waals surface area contributed by atoms with Crippen LogP contribution in [-0.4, -0.2) is 37.2 Å². The molecule has 0 aromatic rings. The van der Waals surface area contributed by atoms with Crippen molar-refractivity contribution < 1.29 is 28.6 Å². The van der Waals surface area contributed by atoms with E-state index in [1.54, 1.807) is 0 Å². The van der Waals surface area contributed by atoms with Gasteiger partial charge in [0.1, 0.15) is 13.2 Å². The van der Waals surface area contributed by atoms with Crippen molar-refractivity contribution in [1.82, 2.24) is 0 Å². The maximum atomic E-state index is 12.9. The van der Waals surface area contributed by atoms with E-state index >= 15 is 0 Å². The van der Waals surface area contributed by atoms with Crippen molar-refractivity contribution in [2.24, 2.45) is 0 Å². The molecule has 0 aromatic carbocycles. The van der Waals surface area contributed by atoms with Crippen molar-refractivity contribution in [1.29, 1.82) is 0 Å². The second-order valence-corrected chi connectivity index (χ2v) is 22.7. The lowest BCUT2D eigenvalue weighted by Crippen LogP contribution is -2.30. The van der Waals surface area contributed by atoms with Crippen LogP contribution >= 0.6 is 0 Å². The number of carbonyl (C=O) groups is 3. The number of ether oxygens (including phenoxy) is 3. The molecule has 0 fully saturated rings. The van der Waals surface area contributed by atoms with Crippen LogP contribution in [0.4, 0.5) is 0 Å². The summed E-state index contributed by atoms with van der Waals surface area (Å²) >= 11 is 0. The molecule has 460 valence electrons. The Balaban J connectivity index is 4.37. The highest BCUT2D eigenvalue weighted by atomic mass is 16.6. The normalized spacial score (nSPS) is 12.7. The van der Waals surface area contributed by atoms with E-state index in [0.29, 0.717) is 19.3 Å². The van der Waals surface area contributed by atoms with Crippen LogP contribution in [0, 0.1) is 0 Å². The Hall–Kier alpha value is -3.67. The Kier molecular flexibility index (Phi) is 64.7. The first kappa shape index (κ1) is 76.3. The van der Waals surface area contributed by atoms with Gasteiger partial charge in [-0.15, -0.1) is 0 Å². The van der Waals surface area contributed by atoms with Gasteiger partial charge in [0.05, 0.1) is 0 Å². The van der Waals surface area contributed by atoms with Gasteiger partial charge in [-0.25, -0.2) is 0 Å². The third kappa shape index (κ3) is 65.1. The number of rotatable bonds is 62. The van der Waals surface area contributed by atoms with E-state index in [9.17, 15) is 14.4 Å². The fraction of sp³-hybridized carbons (Fsp3) is 0.743. The van der Waals surface area contributed by atoms with Crippen LogP contribution in [0.2, 0.25) is 0 Å². The summed E-state index contributed by atoms with van der Waals surface area (Å²) in [4.78, 5) is 38.3. The van der Waals surface area contributed by atoms with E-state index in [4.69, 9.17) is 14.2 Å². The first-order valence-corrected chi connectivity index (χ1v) is 34.2. The molecule has 0 radical (unpaired) electrons. The molecule has 6 nitrogen and oxygen atoms in total. The van der Waals surface area contributed by atoms with Gasteiger partial charge in [-0.1, -0.05) is 323 Å². The molecular weight excluding hydrogens is 985 g/mol. The Morgan fingerprint density at radius 1 is 0.263 bits per heavy atom. The van der Waals surface area contributed by atoms with Crippen LogP contribution in [0.25, 0.3) is 0 Å². The van der Waals surface area contributed by atoms with Crippen molar-refractivity contribution in [2.75, 3.05) is 13.2 Å². The van der Waals surface area contributed by atoms with E-state index in [-0.39, 0.29) is 31.6 Å². The van der Waals surface area contributed by atoms with Crippen molar-refractivity contribution in [2.45, 2.75) is 341 Å². The minimum atomic E-state index is -0.825. The monoisotopic (exact) mass is 1110 g/mol. The topological polar surface area (TPSA) is 78.9 Å². The zero-order valence-electron chi connectivity index (χ0n) is 52.8. The van der Waals surface area contributed by atoms with Crippen molar-refractivity contribution in [3.05, 3.63) is 97.2 Å². The van der Waals surface area contributed by atoms with Crippen molar-refractivity contribution >= 4 is 17.9 Å².